The first-order valence-electron chi connectivity index (χ1n) is 7.33. The number of benzene rings is 2. The summed E-state index contributed by atoms with van der Waals surface area (Å²) in [6.07, 6.45) is 0. The largest absolute Gasteiger partial charge is 0.456 e. The van der Waals surface area contributed by atoms with Gasteiger partial charge in [0.05, 0.1) is 0 Å². The van der Waals surface area contributed by atoms with Crippen molar-refractivity contribution in [3.63, 3.8) is 0 Å². The number of furan rings is 1. The van der Waals surface area contributed by atoms with Crippen LogP contribution in [0.1, 0.15) is 51.7 Å². The van der Waals surface area contributed by atoms with E-state index in [1.54, 1.807) is 0 Å². The highest BCUT2D eigenvalue weighted by atomic mass is 16.3. The third-order valence-corrected chi connectivity index (χ3v) is 4.03. The Labute approximate surface area is 120 Å². The fourth-order valence-electron chi connectivity index (χ4n) is 2.62. The van der Waals surface area contributed by atoms with Crippen LogP contribution in [-0.4, -0.2) is 0 Å². The lowest BCUT2D eigenvalue weighted by Gasteiger charge is -2.18. The third-order valence-electron chi connectivity index (χ3n) is 4.03. The highest BCUT2D eigenvalue weighted by Gasteiger charge is 2.16. The van der Waals surface area contributed by atoms with E-state index in [1.165, 1.54) is 21.9 Å². The smallest absolute Gasteiger partial charge is 0.135 e. The second-order valence-corrected chi connectivity index (χ2v) is 6.97. The summed E-state index contributed by atoms with van der Waals surface area (Å²) >= 11 is 0. The predicted octanol–water partition coefficient (Wildman–Crippen LogP) is 6.01. The van der Waals surface area contributed by atoms with Crippen LogP contribution in [0.4, 0.5) is 0 Å². The monoisotopic (exact) mass is 266 g/mol. The molecule has 0 amide bonds. The maximum atomic E-state index is 6.02. The molecule has 1 nitrogen and oxygen atoms in total. The highest BCUT2D eigenvalue weighted by Crippen LogP contribution is 2.34. The molecule has 0 atom stereocenters. The van der Waals surface area contributed by atoms with Crippen molar-refractivity contribution < 1.29 is 4.42 Å². The van der Waals surface area contributed by atoms with Crippen molar-refractivity contribution in [3.05, 3.63) is 47.5 Å². The van der Waals surface area contributed by atoms with Crippen LogP contribution in [0.2, 0.25) is 0 Å². The summed E-state index contributed by atoms with van der Waals surface area (Å²) in [5.74, 6) is 0.540. The van der Waals surface area contributed by atoms with Gasteiger partial charge in [-0.3, -0.25) is 0 Å². The van der Waals surface area contributed by atoms with Crippen molar-refractivity contribution >= 4 is 21.9 Å². The highest BCUT2D eigenvalue weighted by molar-refractivity contribution is 6.05. The molecule has 0 aliphatic rings. The van der Waals surface area contributed by atoms with E-state index in [2.05, 4.69) is 71.0 Å². The van der Waals surface area contributed by atoms with E-state index >= 15 is 0 Å². The van der Waals surface area contributed by atoms with Crippen LogP contribution in [-0.2, 0) is 5.41 Å². The van der Waals surface area contributed by atoms with Crippen LogP contribution < -0.4 is 0 Å². The zero-order valence-electron chi connectivity index (χ0n) is 12.9. The summed E-state index contributed by atoms with van der Waals surface area (Å²) in [5, 5.41) is 2.45. The van der Waals surface area contributed by atoms with Gasteiger partial charge in [-0.1, -0.05) is 52.8 Å². The molecular formula is C19H22O. The molecule has 20 heavy (non-hydrogen) atoms. The quantitative estimate of drug-likeness (QED) is 0.526. The van der Waals surface area contributed by atoms with Gasteiger partial charge in [0.15, 0.2) is 0 Å². The third kappa shape index (κ3) is 2.11. The Balaban J connectivity index is 2.26. The number of hydrogen-bond acceptors (Lipinski definition) is 1. The average Bonchev–Trinajstić information content (AvgIpc) is 2.74. The Morgan fingerprint density at radius 2 is 1.60 bits per heavy atom. The first kappa shape index (κ1) is 13.2. The fraction of sp³-hybridized carbons (Fsp3) is 0.368. The standard InChI is InChI=1S/C19H22O/c1-12(2)13-6-9-17-16(10-13)15-8-7-14(19(3,4)5)11-18(15)20-17/h6-12H,1-5H3. The lowest BCUT2D eigenvalue weighted by Crippen LogP contribution is -2.10. The summed E-state index contributed by atoms with van der Waals surface area (Å²) in [6, 6.07) is 13.1. The van der Waals surface area contributed by atoms with Crippen LogP contribution in [0.15, 0.2) is 40.8 Å². The molecule has 0 bridgehead atoms. The predicted molar refractivity (Wildman–Crippen MR) is 86.5 cm³/mol. The summed E-state index contributed by atoms with van der Waals surface area (Å²) in [6.45, 7) is 11.1. The molecule has 0 aliphatic carbocycles. The molecule has 1 aromatic heterocycles. The van der Waals surface area contributed by atoms with Gasteiger partial charge < -0.3 is 4.42 Å². The molecule has 0 saturated carbocycles. The molecule has 1 heteroatoms. The molecular weight excluding hydrogens is 244 g/mol. The Bertz CT molecular complexity index is 769. The van der Waals surface area contributed by atoms with Crippen molar-refractivity contribution in [2.75, 3.05) is 0 Å². The number of fused-ring (bicyclic) bond motifs is 3. The zero-order valence-corrected chi connectivity index (χ0v) is 12.9. The van der Waals surface area contributed by atoms with E-state index in [9.17, 15) is 0 Å². The topological polar surface area (TPSA) is 13.1 Å². The molecule has 1 heterocycles. The SMILES string of the molecule is CC(C)c1ccc2oc3cc(C(C)(C)C)ccc3c2c1. The summed E-state index contributed by atoms with van der Waals surface area (Å²) < 4.78 is 6.02. The van der Waals surface area contributed by atoms with E-state index in [1.807, 2.05) is 0 Å². The van der Waals surface area contributed by atoms with E-state index in [-0.39, 0.29) is 5.41 Å². The second kappa shape index (κ2) is 4.37. The first-order valence-corrected chi connectivity index (χ1v) is 7.33. The molecule has 3 aromatic rings. The molecule has 0 radical (unpaired) electrons. The van der Waals surface area contributed by atoms with Crippen LogP contribution >= 0.6 is 0 Å². The van der Waals surface area contributed by atoms with Crippen LogP contribution in [0.25, 0.3) is 21.9 Å². The first-order chi connectivity index (χ1) is 9.36. The van der Waals surface area contributed by atoms with Crippen LogP contribution in [0.3, 0.4) is 0 Å². The van der Waals surface area contributed by atoms with Gasteiger partial charge in [-0.15, -0.1) is 0 Å². The Morgan fingerprint density at radius 3 is 2.25 bits per heavy atom. The fourth-order valence-corrected chi connectivity index (χ4v) is 2.62. The van der Waals surface area contributed by atoms with Crippen molar-refractivity contribution in [2.45, 2.75) is 46.0 Å². The van der Waals surface area contributed by atoms with E-state index in [4.69, 9.17) is 4.42 Å². The van der Waals surface area contributed by atoms with E-state index < -0.39 is 0 Å². The van der Waals surface area contributed by atoms with Crippen molar-refractivity contribution in [1.82, 2.24) is 0 Å². The molecule has 0 unspecified atom stereocenters. The van der Waals surface area contributed by atoms with Gasteiger partial charge in [0.1, 0.15) is 11.2 Å². The lowest BCUT2D eigenvalue weighted by atomic mass is 9.86. The molecule has 0 spiro atoms. The van der Waals surface area contributed by atoms with E-state index in [0.29, 0.717) is 5.92 Å². The minimum Gasteiger partial charge on any atom is -0.456 e. The maximum absolute atomic E-state index is 6.02. The molecule has 104 valence electrons. The van der Waals surface area contributed by atoms with Gasteiger partial charge in [0, 0.05) is 10.8 Å². The molecule has 3 rings (SSSR count). The summed E-state index contributed by atoms with van der Waals surface area (Å²) in [4.78, 5) is 0. The summed E-state index contributed by atoms with van der Waals surface area (Å²) in [5.41, 5.74) is 4.80. The second-order valence-electron chi connectivity index (χ2n) is 6.97. The molecule has 0 saturated heterocycles. The Hall–Kier alpha value is -1.76. The van der Waals surface area contributed by atoms with Gasteiger partial charge in [0.2, 0.25) is 0 Å². The Kier molecular flexibility index (Phi) is 2.89. The number of hydrogen-bond donors (Lipinski definition) is 0. The zero-order chi connectivity index (χ0) is 14.5. The van der Waals surface area contributed by atoms with Gasteiger partial charge >= 0.3 is 0 Å². The van der Waals surface area contributed by atoms with Crippen LogP contribution in [0, 0.1) is 0 Å². The van der Waals surface area contributed by atoms with Crippen molar-refractivity contribution in [3.8, 4) is 0 Å². The molecule has 0 aliphatic heterocycles. The number of rotatable bonds is 1. The minimum atomic E-state index is 0.149. The van der Waals surface area contributed by atoms with Gasteiger partial charge in [-0.2, -0.15) is 0 Å². The summed E-state index contributed by atoms with van der Waals surface area (Å²) in [7, 11) is 0. The molecule has 0 N–H and O–H groups in total. The van der Waals surface area contributed by atoms with E-state index in [0.717, 1.165) is 11.2 Å². The normalized spacial score (nSPS) is 12.7. The van der Waals surface area contributed by atoms with Crippen molar-refractivity contribution in [2.24, 2.45) is 0 Å². The molecule has 0 fully saturated rings. The lowest BCUT2D eigenvalue weighted by molar-refractivity contribution is 0.587. The van der Waals surface area contributed by atoms with Gasteiger partial charge in [0.25, 0.3) is 0 Å². The Morgan fingerprint density at radius 1 is 0.850 bits per heavy atom. The molecule has 2 aromatic carbocycles. The van der Waals surface area contributed by atoms with Gasteiger partial charge in [-0.05, 0) is 40.7 Å². The van der Waals surface area contributed by atoms with Crippen LogP contribution in [0.5, 0.6) is 0 Å². The van der Waals surface area contributed by atoms with Gasteiger partial charge in [-0.25, -0.2) is 0 Å². The minimum absolute atomic E-state index is 0.149. The van der Waals surface area contributed by atoms with Crippen molar-refractivity contribution in [1.29, 1.82) is 0 Å². The maximum Gasteiger partial charge on any atom is 0.135 e. The average molecular weight is 266 g/mol.